The third kappa shape index (κ3) is 4.10. The molecule has 0 bridgehead atoms. The van der Waals surface area contributed by atoms with E-state index < -0.39 is 11.7 Å². The fourth-order valence-electron chi connectivity index (χ4n) is 2.65. The van der Waals surface area contributed by atoms with Crippen LogP contribution in [0.15, 0.2) is 29.2 Å². The van der Waals surface area contributed by atoms with Crippen LogP contribution in [0.1, 0.15) is 37.7 Å². The number of alkyl halides is 3. The van der Waals surface area contributed by atoms with Crippen molar-refractivity contribution in [2.45, 2.75) is 43.2 Å². The van der Waals surface area contributed by atoms with E-state index in [4.69, 9.17) is 0 Å². The molecule has 0 aliphatic heterocycles. The van der Waals surface area contributed by atoms with Gasteiger partial charge in [0.05, 0.1) is 5.56 Å². The maximum Gasteiger partial charge on any atom is 0.416 e. The lowest BCUT2D eigenvalue weighted by atomic mass is 9.77. The van der Waals surface area contributed by atoms with Gasteiger partial charge in [0, 0.05) is 10.6 Å². The van der Waals surface area contributed by atoms with E-state index in [0.717, 1.165) is 30.4 Å². The zero-order valence-electron chi connectivity index (χ0n) is 11.2. The summed E-state index contributed by atoms with van der Waals surface area (Å²) in [6.45, 7) is 0. The van der Waals surface area contributed by atoms with Crippen LogP contribution in [0.3, 0.4) is 0 Å². The second-order valence-corrected chi connectivity index (χ2v) is 6.90. The van der Waals surface area contributed by atoms with Crippen LogP contribution in [0.25, 0.3) is 0 Å². The Morgan fingerprint density at radius 2 is 1.85 bits per heavy atom. The summed E-state index contributed by atoms with van der Waals surface area (Å²) in [6, 6.07) is 5.62. The molecule has 1 aromatic carbocycles. The van der Waals surface area contributed by atoms with Gasteiger partial charge in [-0.1, -0.05) is 25.3 Å². The predicted octanol–water partition coefficient (Wildman–Crippen LogP) is 5.68. The van der Waals surface area contributed by atoms with E-state index in [-0.39, 0.29) is 5.41 Å². The largest absolute Gasteiger partial charge is 0.416 e. The maximum absolute atomic E-state index is 12.7. The fraction of sp³-hybridized carbons (Fsp3) is 0.600. The van der Waals surface area contributed by atoms with Crippen LogP contribution in [0.4, 0.5) is 13.2 Å². The highest BCUT2D eigenvalue weighted by molar-refractivity contribution is 7.99. The molecule has 0 nitrogen and oxygen atoms in total. The number of rotatable bonds is 4. The van der Waals surface area contributed by atoms with Crippen LogP contribution in [-0.2, 0) is 6.18 Å². The maximum atomic E-state index is 12.7. The van der Waals surface area contributed by atoms with Crippen LogP contribution in [0, 0.1) is 5.41 Å². The van der Waals surface area contributed by atoms with Gasteiger partial charge in [-0.05, 0) is 42.2 Å². The molecule has 20 heavy (non-hydrogen) atoms. The first kappa shape index (κ1) is 16.1. The predicted molar refractivity (Wildman–Crippen MR) is 81.5 cm³/mol. The van der Waals surface area contributed by atoms with Crippen molar-refractivity contribution in [3.63, 3.8) is 0 Å². The molecule has 0 unspecified atom stereocenters. The lowest BCUT2D eigenvalue weighted by Crippen LogP contribution is -2.28. The molecule has 1 aliphatic rings. The Balaban J connectivity index is 2.03. The van der Waals surface area contributed by atoms with Crippen molar-refractivity contribution in [2.75, 3.05) is 11.5 Å². The van der Waals surface area contributed by atoms with E-state index in [1.54, 1.807) is 6.07 Å². The first-order valence-corrected chi connectivity index (χ1v) is 8.48. The van der Waals surface area contributed by atoms with Gasteiger partial charge in [0.2, 0.25) is 0 Å². The topological polar surface area (TPSA) is 0 Å². The Hall–Kier alpha value is -0.290. The van der Waals surface area contributed by atoms with Gasteiger partial charge in [-0.2, -0.15) is 25.8 Å². The van der Waals surface area contributed by atoms with E-state index >= 15 is 0 Å². The van der Waals surface area contributed by atoms with Gasteiger partial charge in [-0.15, -0.1) is 11.8 Å². The Bertz CT molecular complexity index is 437. The van der Waals surface area contributed by atoms with Crippen LogP contribution in [0.2, 0.25) is 0 Å². The molecule has 2 rings (SSSR count). The first-order valence-electron chi connectivity index (χ1n) is 6.86. The van der Waals surface area contributed by atoms with E-state index in [1.165, 1.54) is 43.2 Å². The Labute approximate surface area is 127 Å². The molecule has 0 heterocycles. The molecule has 0 aromatic heterocycles. The highest BCUT2D eigenvalue weighted by atomic mass is 32.2. The molecule has 0 radical (unpaired) electrons. The molecule has 0 saturated heterocycles. The van der Waals surface area contributed by atoms with Crippen molar-refractivity contribution in [2.24, 2.45) is 5.41 Å². The fourth-order valence-corrected chi connectivity index (χ4v) is 4.48. The summed E-state index contributed by atoms with van der Waals surface area (Å²) in [4.78, 5) is 0.701. The van der Waals surface area contributed by atoms with Crippen molar-refractivity contribution in [1.82, 2.24) is 0 Å². The Kier molecular flexibility index (Phi) is 5.35. The highest BCUT2D eigenvalue weighted by Gasteiger charge is 2.32. The van der Waals surface area contributed by atoms with Crippen LogP contribution in [0.5, 0.6) is 0 Å². The van der Waals surface area contributed by atoms with Crippen molar-refractivity contribution < 1.29 is 13.2 Å². The smallest absolute Gasteiger partial charge is 0.179 e. The van der Waals surface area contributed by atoms with Gasteiger partial charge >= 0.3 is 6.18 Å². The lowest BCUT2D eigenvalue weighted by Gasteiger charge is -2.35. The summed E-state index contributed by atoms with van der Waals surface area (Å²) in [7, 11) is 0. The van der Waals surface area contributed by atoms with E-state index in [1.807, 2.05) is 0 Å². The molecule has 0 N–H and O–H groups in total. The highest BCUT2D eigenvalue weighted by Crippen LogP contribution is 2.42. The van der Waals surface area contributed by atoms with Crippen LogP contribution >= 0.6 is 24.4 Å². The second-order valence-electron chi connectivity index (χ2n) is 5.53. The molecular formula is C15H19F3S2. The standard InChI is InChI=1S/C15H19F3S2/c16-15(17,18)12-5-4-6-13(9-12)20-11-14(10-19)7-2-1-3-8-14/h4-6,9,19H,1-3,7-8,10-11H2. The van der Waals surface area contributed by atoms with Gasteiger partial charge in [0.1, 0.15) is 0 Å². The quantitative estimate of drug-likeness (QED) is 0.550. The molecular weight excluding hydrogens is 301 g/mol. The van der Waals surface area contributed by atoms with Gasteiger partial charge in [-0.3, -0.25) is 0 Å². The van der Waals surface area contributed by atoms with Gasteiger partial charge in [0.25, 0.3) is 0 Å². The monoisotopic (exact) mass is 320 g/mol. The summed E-state index contributed by atoms with van der Waals surface area (Å²) in [5.74, 6) is 1.68. The van der Waals surface area contributed by atoms with Crippen molar-refractivity contribution in [3.8, 4) is 0 Å². The normalized spacial score (nSPS) is 19.0. The Morgan fingerprint density at radius 3 is 2.45 bits per heavy atom. The minimum atomic E-state index is -4.26. The SMILES string of the molecule is FC(F)(F)c1cccc(SCC2(CS)CCCCC2)c1. The van der Waals surface area contributed by atoms with Gasteiger partial charge in [0.15, 0.2) is 0 Å². The number of hydrogen-bond acceptors (Lipinski definition) is 2. The molecule has 1 fully saturated rings. The van der Waals surface area contributed by atoms with E-state index in [2.05, 4.69) is 12.6 Å². The number of halogens is 3. The molecule has 1 aliphatic carbocycles. The molecule has 0 atom stereocenters. The third-order valence-electron chi connectivity index (χ3n) is 3.96. The van der Waals surface area contributed by atoms with Gasteiger partial charge in [-0.25, -0.2) is 0 Å². The van der Waals surface area contributed by atoms with Crippen molar-refractivity contribution in [3.05, 3.63) is 29.8 Å². The van der Waals surface area contributed by atoms with Crippen LogP contribution in [-0.4, -0.2) is 11.5 Å². The number of thioether (sulfide) groups is 1. The summed E-state index contributed by atoms with van der Waals surface area (Å²) in [5.41, 5.74) is -0.369. The van der Waals surface area contributed by atoms with Crippen LogP contribution < -0.4 is 0 Å². The average molecular weight is 320 g/mol. The molecule has 1 aromatic rings. The van der Waals surface area contributed by atoms with E-state index in [9.17, 15) is 13.2 Å². The van der Waals surface area contributed by atoms with Gasteiger partial charge < -0.3 is 0 Å². The zero-order chi connectivity index (χ0) is 14.6. The summed E-state index contributed by atoms with van der Waals surface area (Å²) in [6.07, 6.45) is 1.71. The summed E-state index contributed by atoms with van der Waals surface area (Å²) in [5, 5.41) is 0. The van der Waals surface area contributed by atoms with Crippen molar-refractivity contribution >= 4 is 24.4 Å². The first-order chi connectivity index (χ1) is 9.45. The minimum Gasteiger partial charge on any atom is -0.179 e. The zero-order valence-corrected chi connectivity index (χ0v) is 13.0. The number of hydrogen-bond donors (Lipinski definition) is 1. The number of thiol groups is 1. The molecule has 112 valence electrons. The molecule has 1 saturated carbocycles. The summed E-state index contributed by atoms with van der Waals surface area (Å²) >= 11 is 6.00. The Morgan fingerprint density at radius 1 is 1.15 bits per heavy atom. The lowest BCUT2D eigenvalue weighted by molar-refractivity contribution is -0.137. The van der Waals surface area contributed by atoms with Crippen molar-refractivity contribution in [1.29, 1.82) is 0 Å². The second kappa shape index (κ2) is 6.65. The molecule has 0 spiro atoms. The molecule has 0 amide bonds. The number of benzene rings is 1. The summed E-state index contributed by atoms with van der Waals surface area (Å²) < 4.78 is 38.0. The van der Waals surface area contributed by atoms with E-state index in [0.29, 0.717) is 4.90 Å². The average Bonchev–Trinajstić information content (AvgIpc) is 2.46. The minimum absolute atomic E-state index is 0.195. The third-order valence-corrected chi connectivity index (χ3v) is 5.97. The molecule has 5 heteroatoms.